The first-order valence-electron chi connectivity index (χ1n) is 6.31. The van der Waals surface area contributed by atoms with E-state index < -0.39 is 0 Å². The van der Waals surface area contributed by atoms with Gasteiger partial charge in [0.05, 0.1) is 12.7 Å². The van der Waals surface area contributed by atoms with E-state index in [-0.39, 0.29) is 6.10 Å². The standard InChI is InChI=1S/C17H16O/c1-13-17(11-14-7-3-2-4-8-14)16-10-6-5-9-15(16)12-18-13/h2-11,13H,12H2,1H3/b17-11-. The second kappa shape index (κ2) is 4.79. The fourth-order valence-corrected chi connectivity index (χ4v) is 2.38. The first kappa shape index (κ1) is 11.2. The van der Waals surface area contributed by atoms with Crippen LogP contribution < -0.4 is 0 Å². The van der Waals surface area contributed by atoms with Crippen LogP contribution in [0.4, 0.5) is 0 Å². The minimum Gasteiger partial charge on any atom is -0.369 e. The monoisotopic (exact) mass is 236 g/mol. The Morgan fingerprint density at radius 1 is 1.00 bits per heavy atom. The van der Waals surface area contributed by atoms with Crippen molar-refractivity contribution < 1.29 is 4.74 Å². The summed E-state index contributed by atoms with van der Waals surface area (Å²) < 4.78 is 5.82. The zero-order valence-electron chi connectivity index (χ0n) is 10.5. The average Bonchev–Trinajstić information content (AvgIpc) is 2.43. The van der Waals surface area contributed by atoms with Gasteiger partial charge in [-0.25, -0.2) is 0 Å². The molecule has 1 aliphatic rings. The van der Waals surface area contributed by atoms with E-state index in [4.69, 9.17) is 4.74 Å². The maximum Gasteiger partial charge on any atom is 0.0807 e. The molecule has 1 heteroatoms. The molecule has 3 rings (SSSR count). The first-order chi connectivity index (χ1) is 8.84. The van der Waals surface area contributed by atoms with E-state index in [1.807, 2.05) is 6.07 Å². The lowest BCUT2D eigenvalue weighted by Gasteiger charge is -2.25. The number of ether oxygens (including phenoxy) is 1. The molecule has 18 heavy (non-hydrogen) atoms. The molecule has 0 fully saturated rings. The molecule has 2 aromatic rings. The molecule has 0 bridgehead atoms. The van der Waals surface area contributed by atoms with Crippen LogP contribution in [-0.2, 0) is 11.3 Å². The summed E-state index contributed by atoms with van der Waals surface area (Å²) in [6, 6.07) is 18.9. The van der Waals surface area contributed by atoms with Gasteiger partial charge in [-0.1, -0.05) is 54.6 Å². The molecule has 1 unspecified atom stereocenters. The first-order valence-corrected chi connectivity index (χ1v) is 6.31. The van der Waals surface area contributed by atoms with Gasteiger partial charge in [-0.05, 0) is 35.3 Å². The number of hydrogen-bond donors (Lipinski definition) is 0. The Kier molecular flexibility index (Phi) is 2.99. The molecule has 0 saturated heterocycles. The Labute approximate surface area is 108 Å². The van der Waals surface area contributed by atoms with Gasteiger partial charge in [0.1, 0.15) is 0 Å². The van der Waals surface area contributed by atoms with Crippen LogP contribution in [0.1, 0.15) is 23.6 Å². The molecule has 1 atom stereocenters. The molecule has 0 radical (unpaired) electrons. The van der Waals surface area contributed by atoms with E-state index in [1.54, 1.807) is 0 Å². The van der Waals surface area contributed by atoms with E-state index in [1.165, 1.54) is 22.3 Å². The minimum absolute atomic E-state index is 0.153. The van der Waals surface area contributed by atoms with Crippen molar-refractivity contribution in [2.75, 3.05) is 0 Å². The smallest absolute Gasteiger partial charge is 0.0807 e. The van der Waals surface area contributed by atoms with Gasteiger partial charge in [-0.2, -0.15) is 0 Å². The van der Waals surface area contributed by atoms with Crippen molar-refractivity contribution in [1.29, 1.82) is 0 Å². The lowest BCUT2D eigenvalue weighted by Crippen LogP contribution is -2.17. The van der Waals surface area contributed by atoms with Crippen molar-refractivity contribution in [3.63, 3.8) is 0 Å². The summed E-state index contributed by atoms with van der Waals surface area (Å²) in [5.74, 6) is 0. The van der Waals surface area contributed by atoms with E-state index in [2.05, 4.69) is 61.5 Å². The van der Waals surface area contributed by atoms with Gasteiger partial charge >= 0.3 is 0 Å². The third kappa shape index (κ3) is 2.09. The highest BCUT2D eigenvalue weighted by Crippen LogP contribution is 2.31. The molecule has 1 nitrogen and oxygen atoms in total. The lowest BCUT2D eigenvalue weighted by molar-refractivity contribution is 0.0835. The van der Waals surface area contributed by atoms with Gasteiger partial charge in [0.15, 0.2) is 0 Å². The van der Waals surface area contributed by atoms with Crippen LogP contribution in [-0.4, -0.2) is 6.10 Å². The molecule has 0 spiro atoms. The number of fused-ring (bicyclic) bond motifs is 1. The van der Waals surface area contributed by atoms with E-state index >= 15 is 0 Å². The van der Waals surface area contributed by atoms with Crippen LogP contribution in [0.5, 0.6) is 0 Å². The number of hydrogen-bond acceptors (Lipinski definition) is 1. The maximum atomic E-state index is 5.82. The third-order valence-electron chi connectivity index (χ3n) is 3.38. The van der Waals surface area contributed by atoms with Crippen molar-refractivity contribution in [3.05, 3.63) is 71.3 Å². The highest BCUT2D eigenvalue weighted by atomic mass is 16.5. The summed E-state index contributed by atoms with van der Waals surface area (Å²) in [6.45, 7) is 2.83. The van der Waals surface area contributed by atoms with Crippen molar-refractivity contribution in [2.45, 2.75) is 19.6 Å². The second-order valence-electron chi connectivity index (χ2n) is 4.62. The Bertz CT molecular complexity index is 569. The van der Waals surface area contributed by atoms with Gasteiger partial charge in [0, 0.05) is 0 Å². The van der Waals surface area contributed by atoms with Crippen LogP contribution in [0.3, 0.4) is 0 Å². The topological polar surface area (TPSA) is 9.23 Å². The Morgan fingerprint density at radius 2 is 1.72 bits per heavy atom. The molecule has 0 aliphatic carbocycles. The lowest BCUT2D eigenvalue weighted by atomic mass is 9.92. The molecule has 2 aromatic carbocycles. The summed E-state index contributed by atoms with van der Waals surface area (Å²) in [4.78, 5) is 0. The summed E-state index contributed by atoms with van der Waals surface area (Å²) in [5, 5.41) is 0. The molecule has 0 aromatic heterocycles. The van der Waals surface area contributed by atoms with Crippen LogP contribution in [0, 0.1) is 0 Å². The fraction of sp³-hybridized carbons (Fsp3) is 0.176. The molecule has 90 valence electrons. The molecule has 0 saturated carbocycles. The Morgan fingerprint density at radius 3 is 2.56 bits per heavy atom. The van der Waals surface area contributed by atoms with E-state index in [9.17, 15) is 0 Å². The zero-order chi connectivity index (χ0) is 12.4. The minimum atomic E-state index is 0.153. The van der Waals surface area contributed by atoms with Crippen LogP contribution in [0.15, 0.2) is 54.6 Å². The Hall–Kier alpha value is -1.86. The second-order valence-corrected chi connectivity index (χ2v) is 4.62. The molecule has 0 amide bonds. The van der Waals surface area contributed by atoms with Crippen molar-refractivity contribution in [3.8, 4) is 0 Å². The van der Waals surface area contributed by atoms with Crippen molar-refractivity contribution >= 4 is 11.6 Å². The van der Waals surface area contributed by atoms with E-state index in [0.29, 0.717) is 6.61 Å². The van der Waals surface area contributed by atoms with Crippen LogP contribution in [0.2, 0.25) is 0 Å². The third-order valence-corrected chi connectivity index (χ3v) is 3.38. The summed E-state index contributed by atoms with van der Waals surface area (Å²) >= 11 is 0. The summed E-state index contributed by atoms with van der Waals surface area (Å²) in [5.41, 5.74) is 5.08. The van der Waals surface area contributed by atoms with Gasteiger partial charge in [0.2, 0.25) is 0 Å². The number of rotatable bonds is 1. The van der Waals surface area contributed by atoms with E-state index in [0.717, 1.165) is 0 Å². The predicted molar refractivity (Wildman–Crippen MR) is 75.0 cm³/mol. The summed E-state index contributed by atoms with van der Waals surface area (Å²) in [6.07, 6.45) is 2.38. The average molecular weight is 236 g/mol. The van der Waals surface area contributed by atoms with Gasteiger partial charge in [0.25, 0.3) is 0 Å². The zero-order valence-corrected chi connectivity index (χ0v) is 10.5. The van der Waals surface area contributed by atoms with Crippen molar-refractivity contribution in [1.82, 2.24) is 0 Å². The maximum absolute atomic E-state index is 5.82. The Balaban J connectivity index is 2.08. The molecular formula is C17H16O. The van der Waals surface area contributed by atoms with Crippen LogP contribution in [0.25, 0.3) is 11.6 Å². The highest BCUT2D eigenvalue weighted by molar-refractivity contribution is 5.85. The molecule has 0 N–H and O–H groups in total. The number of benzene rings is 2. The highest BCUT2D eigenvalue weighted by Gasteiger charge is 2.20. The van der Waals surface area contributed by atoms with Gasteiger partial charge in [-0.3, -0.25) is 0 Å². The van der Waals surface area contributed by atoms with Crippen LogP contribution >= 0.6 is 0 Å². The fourth-order valence-electron chi connectivity index (χ4n) is 2.38. The quantitative estimate of drug-likeness (QED) is 0.723. The largest absolute Gasteiger partial charge is 0.369 e. The van der Waals surface area contributed by atoms with Gasteiger partial charge < -0.3 is 4.74 Å². The molecular weight excluding hydrogens is 220 g/mol. The van der Waals surface area contributed by atoms with Crippen molar-refractivity contribution in [2.24, 2.45) is 0 Å². The van der Waals surface area contributed by atoms with Gasteiger partial charge in [-0.15, -0.1) is 0 Å². The molecule has 1 aliphatic heterocycles. The summed E-state index contributed by atoms with van der Waals surface area (Å²) in [7, 11) is 0. The SMILES string of the molecule is CC1OCc2ccccc2/C1=C\c1ccccc1. The predicted octanol–water partition coefficient (Wildman–Crippen LogP) is 4.15. The normalized spacial score (nSPS) is 20.7. The molecule has 1 heterocycles.